The molecule has 0 heterocycles. The summed E-state index contributed by atoms with van der Waals surface area (Å²) in [7, 11) is 0. The van der Waals surface area contributed by atoms with E-state index in [4.69, 9.17) is 16.6 Å². The highest BCUT2D eigenvalue weighted by Gasteiger charge is 2.20. The molecule has 0 unspecified atom stereocenters. The van der Waals surface area contributed by atoms with E-state index in [1.165, 1.54) is 6.07 Å². The predicted octanol–water partition coefficient (Wildman–Crippen LogP) is 0.243. The van der Waals surface area contributed by atoms with Gasteiger partial charge in [-0.25, -0.2) is 4.39 Å². The molecule has 1 rings (SSSR count). The number of halogens is 1. The molecule has 6 heteroatoms. The van der Waals surface area contributed by atoms with E-state index < -0.39 is 23.9 Å². The highest BCUT2D eigenvalue weighted by Crippen LogP contribution is 2.24. The summed E-state index contributed by atoms with van der Waals surface area (Å²) in [6.45, 7) is 0. The molecule has 0 aromatic heterocycles. The van der Waals surface area contributed by atoms with Crippen LogP contribution in [0.15, 0.2) is 18.2 Å². The topological polar surface area (TPSA) is 110 Å². The van der Waals surface area contributed by atoms with Crippen LogP contribution in [-0.2, 0) is 4.79 Å². The van der Waals surface area contributed by atoms with Gasteiger partial charge >= 0.3 is 5.97 Å². The van der Waals surface area contributed by atoms with Gasteiger partial charge in [-0.3, -0.25) is 4.79 Å². The lowest BCUT2D eigenvalue weighted by atomic mass is 10.0. The van der Waals surface area contributed by atoms with Gasteiger partial charge in [-0.05, 0) is 18.2 Å². The van der Waals surface area contributed by atoms with Crippen molar-refractivity contribution in [3.63, 3.8) is 0 Å². The number of nitrogen functional groups attached to an aromatic ring is 1. The standard InChI is InChI=1S/C10H13FN2O3/c11-5-1-2-7(12)6(3-5)9(14)4-8(13)10(15)16/h1-3,8-9,14H,4,12-13H2,(H,15,16)/t8-,9+/m0/s1. The average Bonchev–Trinajstić information content (AvgIpc) is 2.21. The number of nitrogens with two attached hydrogens (primary N) is 2. The molecule has 0 bridgehead atoms. The number of carbonyl (C=O) groups is 1. The zero-order valence-corrected chi connectivity index (χ0v) is 8.43. The van der Waals surface area contributed by atoms with Crippen LogP contribution in [0.4, 0.5) is 10.1 Å². The van der Waals surface area contributed by atoms with Gasteiger partial charge in [0.25, 0.3) is 0 Å². The van der Waals surface area contributed by atoms with E-state index in [2.05, 4.69) is 0 Å². The van der Waals surface area contributed by atoms with Gasteiger partial charge in [0.05, 0.1) is 6.10 Å². The Bertz CT molecular complexity index is 398. The lowest BCUT2D eigenvalue weighted by Crippen LogP contribution is -2.32. The number of benzene rings is 1. The maximum Gasteiger partial charge on any atom is 0.320 e. The number of hydrogen-bond donors (Lipinski definition) is 4. The van der Waals surface area contributed by atoms with Gasteiger partial charge in [-0.15, -0.1) is 0 Å². The fourth-order valence-corrected chi connectivity index (χ4v) is 1.30. The Kier molecular flexibility index (Phi) is 3.81. The molecule has 0 amide bonds. The van der Waals surface area contributed by atoms with E-state index in [1.54, 1.807) is 0 Å². The van der Waals surface area contributed by atoms with Crippen LogP contribution in [0.1, 0.15) is 18.1 Å². The van der Waals surface area contributed by atoms with Crippen molar-refractivity contribution in [1.82, 2.24) is 0 Å². The highest BCUT2D eigenvalue weighted by molar-refractivity contribution is 5.73. The van der Waals surface area contributed by atoms with Gasteiger partial charge in [-0.2, -0.15) is 0 Å². The van der Waals surface area contributed by atoms with Crippen LogP contribution in [0.25, 0.3) is 0 Å². The predicted molar refractivity (Wildman–Crippen MR) is 56.0 cm³/mol. The van der Waals surface area contributed by atoms with Crippen LogP contribution in [0.5, 0.6) is 0 Å². The molecule has 0 saturated carbocycles. The van der Waals surface area contributed by atoms with Crippen molar-refractivity contribution in [2.24, 2.45) is 5.73 Å². The first-order valence-corrected chi connectivity index (χ1v) is 4.63. The molecular weight excluding hydrogens is 215 g/mol. The third-order valence-electron chi connectivity index (χ3n) is 2.20. The molecule has 1 aromatic rings. The number of aliphatic hydroxyl groups excluding tert-OH is 1. The smallest absolute Gasteiger partial charge is 0.320 e. The van der Waals surface area contributed by atoms with Crippen LogP contribution in [-0.4, -0.2) is 22.2 Å². The minimum absolute atomic E-state index is 0.150. The summed E-state index contributed by atoms with van der Waals surface area (Å²) in [6, 6.07) is 2.31. The first-order chi connectivity index (χ1) is 7.41. The van der Waals surface area contributed by atoms with Crippen molar-refractivity contribution in [3.05, 3.63) is 29.6 Å². The maximum absolute atomic E-state index is 12.9. The molecule has 0 aliphatic carbocycles. The lowest BCUT2D eigenvalue weighted by molar-refractivity contribution is -0.139. The summed E-state index contributed by atoms with van der Waals surface area (Å²) < 4.78 is 12.9. The maximum atomic E-state index is 12.9. The van der Waals surface area contributed by atoms with Crippen LogP contribution in [0.3, 0.4) is 0 Å². The van der Waals surface area contributed by atoms with Crippen LogP contribution < -0.4 is 11.5 Å². The fraction of sp³-hybridized carbons (Fsp3) is 0.300. The van der Waals surface area contributed by atoms with Crippen LogP contribution in [0.2, 0.25) is 0 Å². The number of hydrogen-bond acceptors (Lipinski definition) is 4. The Morgan fingerprint density at radius 1 is 1.50 bits per heavy atom. The van der Waals surface area contributed by atoms with E-state index in [1.807, 2.05) is 0 Å². The van der Waals surface area contributed by atoms with Crippen molar-refractivity contribution in [2.75, 3.05) is 5.73 Å². The third-order valence-corrected chi connectivity index (χ3v) is 2.20. The Labute approximate surface area is 91.5 Å². The molecule has 0 fully saturated rings. The van der Waals surface area contributed by atoms with Crippen LogP contribution in [0, 0.1) is 5.82 Å². The summed E-state index contributed by atoms with van der Waals surface area (Å²) in [5, 5.41) is 18.2. The third kappa shape index (κ3) is 2.91. The second kappa shape index (κ2) is 4.91. The number of rotatable bonds is 4. The SMILES string of the molecule is Nc1ccc(F)cc1[C@H](O)C[C@H](N)C(=O)O. The zero-order valence-electron chi connectivity index (χ0n) is 8.43. The quantitative estimate of drug-likeness (QED) is 0.552. The second-order valence-corrected chi connectivity index (χ2v) is 3.47. The summed E-state index contributed by atoms with van der Waals surface area (Å²) in [4.78, 5) is 10.5. The van der Waals surface area contributed by atoms with Gasteiger partial charge in [0.2, 0.25) is 0 Å². The summed E-state index contributed by atoms with van der Waals surface area (Å²) >= 11 is 0. The molecule has 0 aliphatic heterocycles. The molecule has 16 heavy (non-hydrogen) atoms. The van der Waals surface area contributed by atoms with Gasteiger partial charge < -0.3 is 21.7 Å². The van der Waals surface area contributed by atoms with Gasteiger partial charge in [-0.1, -0.05) is 0 Å². The number of aliphatic hydroxyl groups is 1. The Balaban J connectivity index is 2.83. The summed E-state index contributed by atoms with van der Waals surface area (Å²) in [5.74, 6) is -1.78. The molecular formula is C10H13FN2O3. The molecule has 2 atom stereocenters. The molecule has 0 saturated heterocycles. The normalized spacial score (nSPS) is 14.4. The Morgan fingerprint density at radius 2 is 2.12 bits per heavy atom. The van der Waals surface area contributed by atoms with Gasteiger partial charge in [0.15, 0.2) is 0 Å². The van der Waals surface area contributed by atoms with Crippen molar-refractivity contribution < 1.29 is 19.4 Å². The molecule has 0 radical (unpaired) electrons. The van der Waals surface area contributed by atoms with Crippen molar-refractivity contribution in [2.45, 2.75) is 18.6 Å². The largest absolute Gasteiger partial charge is 0.480 e. The average molecular weight is 228 g/mol. The fourth-order valence-electron chi connectivity index (χ4n) is 1.30. The molecule has 0 spiro atoms. The van der Waals surface area contributed by atoms with E-state index in [-0.39, 0.29) is 17.7 Å². The molecule has 6 N–H and O–H groups in total. The Morgan fingerprint density at radius 3 is 2.69 bits per heavy atom. The van der Waals surface area contributed by atoms with Crippen LogP contribution >= 0.6 is 0 Å². The zero-order chi connectivity index (χ0) is 12.3. The van der Waals surface area contributed by atoms with Crippen molar-refractivity contribution >= 4 is 11.7 Å². The van der Waals surface area contributed by atoms with E-state index in [9.17, 15) is 14.3 Å². The van der Waals surface area contributed by atoms with Gasteiger partial charge in [0.1, 0.15) is 11.9 Å². The first-order valence-electron chi connectivity index (χ1n) is 4.63. The number of anilines is 1. The van der Waals surface area contributed by atoms with E-state index in [0.717, 1.165) is 12.1 Å². The van der Waals surface area contributed by atoms with Crippen molar-refractivity contribution in [1.29, 1.82) is 0 Å². The van der Waals surface area contributed by atoms with Crippen molar-refractivity contribution in [3.8, 4) is 0 Å². The summed E-state index contributed by atoms with van der Waals surface area (Å²) in [6.07, 6.45) is -1.41. The monoisotopic (exact) mass is 228 g/mol. The number of carboxylic acids is 1. The lowest BCUT2D eigenvalue weighted by Gasteiger charge is -2.15. The number of carboxylic acid groups (broad SMARTS) is 1. The second-order valence-electron chi connectivity index (χ2n) is 3.47. The highest BCUT2D eigenvalue weighted by atomic mass is 19.1. The molecule has 88 valence electrons. The van der Waals surface area contributed by atoms with Gasteiger partial charge in [0, 0.05) is 17.7 Å². The minimum Gasteiger partial charge on any atom is -0.480 e. The Hall–Kier alpha value is -1.66. The number of aliphatic carboxylic acids is 1. The summed E-state index contributed by atoms with van der Waals surface area (Å²) in [5.41, 5.74) is 11.1. The molecule has 0 aliphatic rings. The minimum atomic E-state index is -1.23. The molecule has 5 nitrogen and oxygen atoms in total. The van der Waals surface area contributed by atoms with E-state index >= 15 is 0 Å². The first kappa shape index (κ1) is 12.4. The van der Waals surface area contributed by atoms with E-state index in [0.29, 0.717) is 0 Å². The molecule has 1 aromatic carbocycles.